The quantitative estimate of drug-likeness (QED) is 0.567. The Labute approximate surface area is 157 Å². The Balaban J connectivity index is 2.05. The largest absolute Gasteiger partial charge is 0.506 e. The van der Waals surface area contributed by atoms with E-state index in [-0.39, 0.29) is 33.5 Å². The van der Waals surface area contributed by atoms with Crippen LogP contribution in [-0.2, 0) is 17.4 Å². The van der Waals surface area contributed by atoms with Crippen LogP contribution in [0.3, 0.4) is 0 Å². The smallest absolute Gasteiger partial charge is 0.416 e. The summed E-state index contributed by atoms with van der Waals surface area (Å²) in [5.41, 5.74) is 2.39. The number of alkyl halides is 3. The summed E-state index contributed by atoms with van der Waals surface area (Å²) in [5, 5.41) is 14.1. The Morgan fingerprint density at radius 2 is 1.81 bits per heavy atom. The van der Waals surface area contributed by atoms with E-state index in [9.17, 15) is 23.1 Å². The van der Waals surface area contributed by atoms with E-state index in [4.69, 9.17) is 23.2 Å². The molecule has 138 valence electrons. The lowest BCUT2D eigenvalue weighted by molar-refractivity contribution is -0.137. The van der Waals surface area contributed by atoms with Gasteiger partial charge in [-0.05, 0) is 36.8 Å². The second kappa shape index (κ2) is 7.97. The molecule has 0 spiro atoms. The monoisotopic (exact) mass is 404 g/mol. The first kappa shape index (κ1) is 20.1. The first-order valence-corrected chi connectivity index (χ1v) is 8.01. The highest BCUT2D eigenvalue weighted by molar-refractivity contribution is 6.36. The van der Waals surface area contributed by atoms with Crippen molar-refractivity contribution < 1.29 is 23.1 Å². The molecule has 0 bridgehead atoms. The van der Waals surface area contributed by atoms with Crippen molar-refractivity contribution in [3.63, 3.8) is 0 Å². The summed E-state index contributed by atoms with van der Waals surface area (Å²) in [6.07, 6.45) is -4.58. The molecule has 2 rings (SSSR count). The molecule has 0 aromatic heterocycles. The zero-order chi connectivity index (χ0) is 19.5. The number of phenols is 1. The molecule has 2 aromatic rings. The number of nitrogens with one attached hydrogen (secondary N) is 1. The van der Waals surface area contributed by atoms with Crippen molar-refractivity contribution in [2.75, 3.05) is 0 Å². The van der Waals surface area contributed by atoms with Crippen molar-refractivity contribution in [2.24, 2.45) is 5.10 Å². The molecule has 4 nitrogen and oxygen atoms in total. The van der Waals surface area contributed by atoms with Gasteiger partial charge in [0.2, 0.25) is 5.91 Å². The van der Waals surface area contributed by atoms with Crippen LogP contribution < -0.4 is 5.43 Å². The number of hydrogen-bond donors (Lipinski definition) is 2. The molecular weight excluding hydrogens is 392 g/mol. The minimum Gasteiger partial charge on any atom is -0.506 e. The fraction of sp³-hybridized carbons (Fsp3) is 0.176. The Hall–Kier alpha value is -2.25. The number of halogens is 5. The number of amides is 1. The predicted octanol–water partition coefficient (Wildman–Crippen LogP) is 4.80. The summed E-state index contributed by atoms with van der Waals surface area (Å²) < 4.78 is 37.5. The Bertz CT molecular complexity index is 850. The van der Waals surface area contributed by atoms with Gasteiger partial charge in [0.25, 0.3) is 0 Å². The van der Waals surface area contributed by atoms with Gasteiger partial charge in [0, 0.05) is 10.6 Å². The molecular formula is C17H13Cl2F3N2O2. The van der Waals surface area contributed by atoms with Gasteiger partial charge in [-0.1, -0.05) is 35.3 Å². The van der Waals surface area contributed by atoms with Crippen molar-refractivity contribution in [2.45, 2.75) is 19.5 Å². The van der Waals surface area contributed by atoms with E-state index in [2.05, 4.69) is 10.5 Å². The van der Waals surface area contributed by atoms with Gasteiger partial charge >= 0.3 is 6.18 Å². The SMILES string of the molecule is CC(=NNC(=O)Cc1ccc(C(F)(F)F)cc1)c1cc(Cl)cc(Cl)c1O. The van der Waals surface area contributed by atoms with E-state index in [1.54, 1.807) is 0 Å². The van der Waals surface area contributed by atoms with E-state index in [1.165, 1.54) is 31.2 Å². The lowest BCUT2D eigenvalue weighted by Crippen LogP contribution is -2.21. The van der Waals surface area contributed by atoms with Crippen LogP contribution in [-0.4, -0.2) is 16.7 Å². The third kappa shape index (κ3) is 5.12. The lowest BCUT2D eigenvalue weighted by atomic mass is 10.1. The van der Waals surface area contributed by atoms with Gasteiger partial charge in [-0.25, -0.2) is 5.43 Å². The van der Waals surface area contributed by atoms with Gasteiger partial charge in [0.05, 0.1) is 22.7 Å². The molecule has 9 heteroatoms. The number of hydrogen-bond acceptors (Lipinski definition) is 3. The maximum absolute atomic E-state index is 12.5. The predicted molar refractivity (Wildman–Crippen MR) is 93.6 cm³/mol. The third-order valence-electron chi connectivity index (χ3n) is 3.41. The number of benzene rings is 2. The highest BCUT2D eigenvalue weighted by Crippen LogP contribution is 2.31. The normalized spacial score (nSPS) is 12.2. The maximum Gasteiger partial charge on any atom is 0.416 e. The number of carbonyl (C=O) groups excluding carboxylic acids is 1. The molecule has 0 fully saturated rings. The van der Waals surface area contributed by atoms with Crippen LogP contribution in [0.2, 0.25) is 10.0 Å². The average molecular weight is 405 g/mol. The maximum atomic E-state index is 12.5. The van der Waals surface area contributed by atoms with Crippen molar-refractivity contribution in [1.82, 2.24) is 5.43 Å². The summed E-state index contributed by atoms with van der Waals surface area (Å²) >= 11 is 11.7. The summed E-state index contributed by atoms with van der Waals surface area (Å²) in [6.45, 7) is 1.53. The van der Waals surface area contributed by atoms with E-state index in [0.29, 0.717) is 5.56 Å². The molecule has 0 radical (unpaired) electrons. The highest BCUT2D eigenvalue weighted by atomic mass is 35.5. The van der Waals surface area contributed by atoms with Crippen LogP contribution in [0.1, 0.15) is 23.6 Å². The van der Waals surface area contributed by atoms with E-state index in [1.807, 2.05) is 0 Å². The molecule has 0 aliphatic rings. The minimum absolute atomic E-state index is 0.0399. The fourth-order valence-corrected chi connectivity index (χ4v) is 2.58. The number of phenolic OH excluding ortho intramolecular Hbond substituents is 1. The standard InChI is InChI=1S/C17H13Cl2F3N2O2/c1-9(13-7-12(18)8-14(19)16(13)26)23-24-15(25)6-10-2-4-11(5-3-10)17(20,21)22/h2-5,7-8,26H,6H2,1H3,(H,24,25). The zero-order valence-electron chi connectivity index (χ0n) is 13.4. The second-order valence-corrected chi connectivity index (χ2v) is 6.23. The van der Waals surface area contributed by atoms with Crippen molar-refractivity contribution in [3.8, 4) is 5.75 Å². The Morgan fingerprint density at radius 1 is 1.19 bits per heavy atom. The second-order valence-electron chi connectivity index (χ2n) is 5.39. The summed E-state index contributed by atoms with van der Waals surface area (Å²) in [7, 11) is 0. The molecule has 0 aliphatic carbocycles. The molecule has 0 heterocycles. The molecule has 0 aliphatic heterocycles. The van der Waals surface area contributed by atoms with Crippen molar-refractivity contribution in [3.05, 3.63) is 63.1 Å². The first-order valence-electron chi connectivity index (χ1n) is 7.25. The van der Waals surface area contributed by atoms with Crippen LogP contribution in [0.15, 0.2) is 41.5 Å². The highest BCUT2D eigenvalue weighted by Gasteiger charge is 2.29. The summed E-state index contributed by atoms with van der Waals surface area (Å²) in [6, 6.07) is 7.05. The van der Waals surface area contributed by atoms with Gasteiger partial charge in [-0.3, -0.25) is 4.79 Å². The molecule has 26 heavy (non-hydrogen) atoms. The molecule has 0 saturated heterocycles. The zero-order valence-corrected chi connectivity index (χ0v) is 14.9. The number of rotatable bonds is 4. The summed E-state index contributed by atoms with van der Waals surface area (Å²) in [5.74, 6) is -0.758. The minimum atomic E-state index is -4.43. The van der Waals surface area contributed by atoms with E-state index < -0.39 is 17.6 Å². The number of aromatic hydroxyl groups is 1. The van der Waals surface area contributed by atoms with Gasteiger partial charge in [-0.15, -0.1) is 0 Å². The molecule has 0 unspecified atom stereocenters. The van der Waals surface area contributed by atoms with Crippen molar-refractivity contribution in [1.29, 1.82) is 0 Å². The van der Waals surface area contributed by atoms with Gasteiger partial charge in [0.15, 0.2) is 0 Å². The van der Waals surface area contributed by atoms with Crippen LogP contribution in [0, 0.1) is 0 Å². The lowest BCUT2D eigenvalue weighted by Gasteiger charge is -2.08. The van der Waals surface area contributed by atoms with E-state index in [0.717, 1.165) is 12.1 Å². The van der Waals surface area contributed by atoms with Crippen molar-refractivity contribution >= 4 is 34.8 Å². The molecule has 1 amide bonds. The average Bonchev–Trinajstić information content (AvgIpc) is 2.55. The fourth-order valence-electron chi connectivity index (χ4n) is 2.08. The molecule has 0 atom stereocenters. The van der Waals surface area contributed by atoms with Gasteiger partial charge in [-0.2, -0.15) is 18.3 Å². The van der Waals surface area contributed by atoms with Crippen LogP contribution >= 0.6 is 23.2 Å². The number of hydrazone groups is 1. The van der Waals surface area contributed by atoms with E-state index >= 15 is 0 Å². The third-order valence-corrected chi connectivity index (χ3v) is 3.92. The number of nitrogens with zero attached hydrogens (tertiary/aromatic N) is 1. The van der Waals surface area contributed by atoms with Gasteiger partial charge in [0.1, 0.15) is 5.75 Å². The summed E-state index contributed by atoms with van der Waals surface area (Å²) in [4.78, 5) is 11.9. The molecule has 2 aromatic carbocycles. The van der Waals surface area contributed by atoms with Gasteiger partial charge < -0.3 is 5.11 Å². The number of carbonyl (C=O) groups is 1. The molecule has 0 saturated carbocycles. The van der Waals surface area contributed by atoms with Crippen LogP contribution in [0.25, 0.3) is 0 Å². The van der Waals surface area contributed by atoms with Crippen LogP contribution in [0.5, 0.6) is 5.75 Å². The Morgan fingerprint density at radius 3 is 2.38 bits per heavy atom. The topological polar surface area (TPSA) is 61.7 Å². The molecule has 2 N–H and O–H groups in total. The van der Waals surface area contributed by atoms with Crippen LogP contribution in [0.4, 0.5) is 13.2 Å². The Kier molecular flexibility index (Phi) is 6.15. The first-order chi connectivity index (χ1) is 12.1.